The normalized spacial score (nSPS) is 8.95. The topological polar surface area (TPSA) is 64.7 Å². The van der Waals surface area contributed by atoms with Crippen LogP contribution in [0.15, 0.2) is 60.7 Å². The predicted octanol–water partition coefficient (Wildman–Crippen LogP) is 1.62. The van der Waals surface area contributed by atoms with Gasteiger partial charge in [-0.25, -0.2) is 0 Å². The molecule has 2 aromatic rings. The monoisotopic (exact) mass is 258 g/mol. The molecule has 0 aliphatic heterocycles. The zero-order chi connectivity index (χ0) is 13.8. The van der Waals surface area contributed by atoms with Crippen LogP contribution in [0, 0.1) is 0 Å². The lowest BCUT2D eigenvalue weighted by Gasteiger charge is -2.05. The maximum absolute atomic E-state index is 7.75. The summed E-state index contributed by atoms with van der Waals surface area (Å²) in [4.78, 5) is 0. The minimum atomic E-state index is 0.0972. The first kappa shape index (κ1) is 15.1. The standard InChI is InChI=1S/C12H10BO2.C2H7NO/c1-3-7-11(8-4-1)14-13-15-12-9-5-2-6-10-12;3-1-2-4/h1-10H;4H,1-3H2. The van der Waals surface area contributed by atoms with E-state index in [1.165, 1.54) is 7.69 Å². The summed E-state index contributed by atoms with van der Waals surface area (Å²) in [6, 6.07) is 19.0. The van der Waals surface area contributed by atoms with Crippen LogP contribution in [0.25, 0.3) is 0 Å². The fourth-order valence-corrected chi connectivity index (χ4v) is 1.13. The van der Waals surface area contributed by atoms with Gasteiger partial charge in [-0.15, -0.1) is 0 Å². The third-order valence-electron chi connectivity index (χ3n) is 1.98. The third kappa shape index (κ3) is 7.13. The van der Waals surface area contributed by atoms with Gasteiger partial charge < -0.3 is 20.1 Å². The van der Waals surface area contributed by atoms with Gasteiger partial charge >= 0.3 is 7.69 Å². The maximum Gasteiger partial charge on any atom is 0.658 e. The van der Waals surface area contributed by atoms with Crippen molar-refractivity contribution in [2.75, 3.05) is 13.2 Å². The summed E-state index contributed by atoms with van der Waals surface area (Å²) in [5.41, 5.74) is 4.78. The van der Waals surface area contributed by atoms with Gasteiger partial charge in [0, 0.05) is 6.54 Å². The fourth-order valence-electron chi connectivity index (χ4n) is 1.13. The van der Waals surface area contributed by atoms with Crippen LogP contribution >= 0.6 is 0 Å². The Kier molecular flexibility index (Phi) is 7.93. The molecule has 0 heterocycles. The van der Waals surface area contributed by atoms with E-state index in [9.17, 15) is 0 Å². The number of aliphatic hydroxyl groups excluding tert-OH is 1. The van der Waals surface area contributed by atoms with Crippen LogP contribution in [-0.2, 0) is 0 Å². The molecule has 0 unspecified atom stereocenters. The van der Waals surface area contributed by atoms with Crippen LogP contribution in [-0.4, -0.2) is 25.9 Å². The Balaban J connectivity index is 0.000000399. The first-order valence-electron chi connectivity index (χ1n) is 5.93. The average molecular weight is 258 g/mol. The van der Waals surface area contributed by atoms with Crippen LogP contribution in [0.4, 0.5) is 0 Å². The molecule has 0 saturated carbocycles. The average Bonchev–Trinajstić information content (AvgIpc) is 2.50. The van der Waals surface area contributed by atoms with E-state index in [2.05, 4.69) is 0 Å². The van der Waals surface area contributed by atoms with Gasteiger partial charge in [0.2, 0.25) is 0 Å². The van der Waals surface area contributed by atoms with Gasteiger partial charge in [-0.2, -0.15) is 0 Å². The largest absolute Gasteiger partial charge is 0.658 e. The molecular weight excluding hydrogens is 241 g/mol. The molecule has 0 aromatic heterocycles. The minimum absolute atomic E-state index is 0.0972. The van der Waals surface area contributed by atoms with Crippen molar-refractivity contribution >= 4 is 7.69 Å². The number of para-hydroxylation sites is 2. The predicted molar refractivity (Wildman–Crippen MR) is 76.0 cm³/mol. The molecule has 0 spiro atoms. The summed E-state index contributed by atoms with van der Waals surface area (Å²) in [6.45, 7) is 0.472. The van der Waals surface area contributed by atoms with E-state index in [0.717, 1.165) is 11.5 Å². The van der Waals surface area contributed by atoms with E-state index in [1.54, 1.807) is 0 Å². The molecule has 0 fully saturated rings. The lowest BCUT2D eigenvalue weighted by atomic mass is 10.3. The molecule has 0 bridgehead atoms. The van der Waals surface area contributed by atoms with Gasteiger partial charge in [0.25, 0.3) is 0 Å². The molecule has 0 atom stereocenters. The maximum atomic E-state index is 7.75. The van der Waals surface area contributed by atoms with Crippen molar-refractivity contribution in [3.8, 4) is 11.5 Å². The molecule has 0 amide bonds. The third-order valence-corrected chi connectivity index (χ3v) is 1.98. The van der Waals surface area contributed by atoms with Gasteiger partial charge in [0.15, 0.2) is 0 Å². The van der Waals surface area contributed by atoms with E-state index in [4.69, 9.17) is 20.1 Å². The second-order valence-electron chi connectivity index (χ2n) is 3.47. The summed E-state index contributed by atoms with van der Waals surface area (Å²) in [5.74, 6) is 1.52. The Morgan fingerprint density at radius 3 is 1.53 bits per heavy atom. The molecule has 5 heteroatoms. The lowest BCUT2D eigenvalue weighted by Crippen LogP contribution is -2.10. The zero-order valence-electron chi connectivity index (χ0n) is 10.6. The van der Waals surface area contributed by atoms with E-state index in [1.807, 2.05) is 60.7 Å². The van der Waals surface area contributed by atoms with Crippen LogP contribution < -0.4 is 15.0 Å². The number of rotatable bonds is 5. The molecule has 99 valence electrons. The van der Waals surface area contributed by atoms with Crippen molar-refractivity contribution in [2.24, 2.45) is 5.73 Å². The second-order valence-corrected chi connectivity index (χ2v) is 3.47. The van der Waals surface area contributed by atoms with E-state index in [0.29, 0.717) is 6.54 Å². The molecule has 2 rings (SSSR count). The summed E-state index contributed by atoms with van der Waals surface area (Å²) < 4.78 is 10.5. The Hall–Kier alpha value is -1.98. The number of nitrogens with two attached hydrogens (primary N) is 1. The van der Waals surface area contributed by atoms with Gasteiger partial charge in [-0.1, -0.05) is 36.4 Å². The molecular formula is C14H17BNO3. The molecule has 4 nitrogen and oxygen atoms in total. The fraction of sp³-hybridized carbons (Fsp3) is 0.143. The Morgan fingerprint density at radius 2 is 1.21 bits per heavy atom. The second kappa shape index (κ2) is 9.99. The Morgan fingerprint density at radius 1 is 0.842 bits per heavy atom. The zero-order valence-corrected chi connectivity index (χ0v) is 10.6. The highest BCUT2D eigenvalue weighted by Crippen LogP contribution is 2.10. The Bertz CT molecular complexity index is 384. The van der Waals surface area contributed by atoms with Crippen LogP contribution in [0.2, 0.25) is 0 Å². The van der Waals surface area contributed by atoms with Gasteiger partial charge in [0.1, 0.15) is 11.5 Å². The van der Waals surface area contributed by atoms with E-state index in [-0.39, 0.29) is 6.61 Å². The van der Waals surface area contributed by atoms with Crippen molar-refractivity contribution < 1.29 is 14.4 Å². The molecule has 0 aliphatic rings. The smallest absolute Gasteiger partial charge is 0.526 e. The van der Waals surface area contributed by atoms with Crippen LogP contribution in [0.3, 0.4) is 0 Å². The highest BCUT2D eigenvalue weighted by atomic mass is 16.6. The molecule has 2 aromatic carbocycles. The molecule has 1 radical (unpaired) electrons. The molecule has 3 N–H and O–H groups in total. The lowest BCUT2D eigenvalue weighted by molar-refractivity contribution is 0.306. The summed E-state index contributed by atoms with van der Waals surface area (Å²) in [5, 5.41) is 7.75. The van der Waals surface area contributed by atoms with Crippen molar-refractivity contribution in [1.82, 2.24) is 0 Å². The first-order valence-corrected chi connectivity index (χ1v) is 5.93. The SMILES string of the molecule is NCCO.[B](Oc1ccccc1)Oc1ccccc1. The van der Waals surface area contributed by atoms with E-state index >= 15 is 0 Å². The number of benzene rings is 2. The summed E-state index contributed by atoms with van der Waals surface area (Å²) in [6.07, 6.45) is 0. The first-order chi connectivity index (χ1) is 9.36. The minimum Gasteiger partial charge on any atom is -0.526 e. The van der Waals surface area contributed by atoms with Crippen molar-refractivity contribution in [1.29, 1.82) is 0 Å². The molecule has 19 heavy (non-hydrogen) atoms. The number of hydrogen-bond donors (Lipinski definition) is 2. The van der Waals surface area contributed by atoms with Crippen LogP contribution in [0.5, 0.6) is 11.5 Å². The Labute approximate surface area is 114 Å². The summed E-state index contributed by atoms with van der Waals surface area (Å²) >= 11 is 0. The molecule has 0 saturated heterocycles. The highest BCUT2D eigenvalue weighted by Gasteiger charge is 1.99. The highest BCUT2D eigenvalue weighted by molar-refractivity contribution is 6.20. The van der Waals surface area contributed by atoms with Gasteiger partial charge in [-0.3, -0.25) is 0 Å². The molecule has 0 aliphatic carbocycles. The van der Waals surface area contributed by atoms with Gasteiger partial charge in [0.05, 0.1) is 6.61 Å². The van der Waals surface area contributed by atoms with Crippen molar-refractivity contribution in [3.05, 3.63) is 60.7 Å². The number of aliphatic hydroxyl groups is 1. The quantitative estimate of drug-likeness (QED) is 0.800. The summed E-state index contributed by atoms with van der Waals surface area (Å²) in [7, 11) is 1.32. The van der Waals surface area contributed by atoms with Crippen molar-refractivity contribution in [3.63, 3.8) is 0 Å². The van der Waals surface area contributed by atoms with Crippen LogP contribution in [0.1, 0.15) is 0 Å². The van der Waals surface area contributed by atoms with E-state index < -0.39 is 0 Å². The number of hydrogen-bond acceptors (Lipinski definition) is 4. The van der Waals surface area contributed by atoms with Crippen molar-refractivity contribution in [2.45, 2.75) is 0 Å². The van der Waals surface area contributed by atoms with Gasteiger partial charge in [-0.05, 0) is 24.3 Å².